The zero-order valence-corrected chi connectivity index (χ0v) is 15.2. The Hall–Kier alpha value is -2.42. The number of nitrogens with zero attached hydrogens (tertiary/aromatic N) is 2. The summed E-state index contributed by atoms with van der Waals surface area (Å²) in [6.07, 6.45) is -4.03. The van der Waals surface area contributed by atoms with Gasteiger partial charge in [-0.05, 0) is 11.5 Å². The highest BCUT2D eigenvalue weighted by Gasteiger charge is 2.27. The first-order chi connectivity index (χ1) is 12.7. The van der Waals surface area contributed by atoms with Crippen LogP contribution < -0.4 is 5.32 Å². The summed E-state index contributed by atoms with van der Waals surface area (Å²) in [6.45, 7) is 2.68. The summed E-state index contributed by atoms with van der Waals surface area (Å²) >= 11 is 0. The maximum atomic E-state index is 11.9. The van der Waals surface area contributed by atoms with Crippen LogP contribution in [0.5, 0.6) is 0 Å². The van der Waals surface area contributed by atoms with E-state index in [4.69, 9.17) is 4.52 Å². The Morgan fingerprint density at radius 1 is 1.26 bits per heavy atom. The summed E-state index contributed by atoms with van der Waals surface area (Å²) in [5.74, 6) is 0.867. The molecule has 0 radical (unpaired) electrons. The molecule has 0 spiro atoms. The average Bonchev–Trinajstić information content (AvgIpc) is 3.08. The number of ether oxygens (including phenoxy) is 1. The molecule has 0 bridgehead atoms. The van der Waals surface area contributed by atoms with Crippen LogP contribution in [0.25, 0.3) is 11.4 Å². The van der Waals surface area contributed by atoms with Gasteiger partial charge in [0.15, 0.2) is 0 Å². The van der Waals surface area contributed by atoms with Crippen LogP contribution >= 0.6 is 0 Å². The van der Waals surface area contributed by atoms with Crippen LogP contribution in [-0.2, 0) is 16.0 Å². The number of rotatable bonds is 9. The number of hydrogen-bond acceptors (Lipinski definition) is 5. The van der Waals surface area contributed by atoms with E-state index in [1.165, 1.54) is 5.56 Å². The van der Waals surface area contributed by atoms with Crippen LogP contribution in [0.4, 0.5) is 13.2 Å². The van der Waals surface area contributed by atoms with E-state index in [0.717, 1.165) is 5.56 Å². The van der Waals surface area contributed by atoms with Crippen molar-refractivity contribution in [3.8, 4) is 11.4 Å². The van der Waals surface area contributed by atoms with Crippen LogP contribution in [0.15, 0.2) is 28.8 Å². The van der Waals surface area contributed by atoms with Gasteiger partial charge in [0, 0.05) is 24.9 Å². The largest absolute Gasteiger partial charge is 0.411 e. The lowest BCUT2D eigenvalue weighted by Crippen LogP contribution is -2.29. The van der Waals surface area contributed by atoms with Crippen molar-refractivity contribution in [2.75, 3.05) is 19.8 Å². The van der Waals surface area contributed by atoms with E-state index in [-0.39, 0.29) is 31.9 Å². The molecule has 0 fully saturated rings. The summed E-state index contributed by atoms with van der Waals surface area (Å²) in [5.41, 5.74) is 2.03. The van der Waals surface area contributed by atoms with Gasteiger partial charge in [0.05, 0.1) is 6.61 Å². The van der Waals surface area contributed by atoms with Gasteiger partial charge in [-0.1, -0.05) is 43.3 Å². The number of hydrogen-bond donors (Lipinski definition) is 1. The van der Waals surface area contributed by atoms with E-state index in [0.29, 0.717) is 17.6 Å². The lowest BCUT2D eigenvalue weighted by Gasteiger charge is -2.08. The van der Waals surface area contributed by atoms with E-state index in [1.807, 2.05) is 24.3 Å². The third-order valence-electron chi connectivity index (χ3n) is 3.70. The van der Waals surface area contributed by atoms with Crippen LogP contribution in [0.2, 0.25) is 0 Å². The molecule has 9 heteroatoms. The number of aryl methyl sites for hydroxylation is 1. The second-order valence-corrected chi connectivity index (χ2v) is 6.31. The van der Waals surface area contributed by atoms with Crippen molar-refractivity contribution in [2.24, 2.45) is 0 Å². The molecular formula is C18H22F3N3O3. The van der Waals surface area contributed by atoms with Gasteiger partial charge in [0.1, 0.15) is 6.61 Å². The van der Waals surface area contributed by atoms with Gasteiger partial charge < -0.3 is 14.6 Å². The van der Waals surface area contributed by atoms with Crippen LogP contribution in [0.3, 0.4) is 0 Å². The Balaban J connectivity index is 1.73. The zero-order chi connectivity index (χ0) is 19.9. The summed E-state index contributed by atoms with van der Waals surface area (Å²) in [7, 11) is 0. The monoisotopic (exact) mass is 385 g/mol. The number of nitrogens with one attached hydrogen (secondary N) is 1. The van der Waals surface area contributed by atoms with Crippen molar-refractivity contribution >= 4 is 5.91 Å². The minimum atomic E-state index is -4.37. The highest BCUT2D eigenvalue weighted by molar-refractivity contribution is 5.76. The highest BCUT2D eigenvalue weighted by atomic mass is 19.4. The first-order valence-electron chi connectivity index (χ1n) is 8.58. The van der Waals surface area contributed by atoms with E-state index >= 15 is 0 Å². The van der Waals surface area contributed by atoms with Gasteiger partial charge in [-0.3, -0.25) is 4.79 Å². The average molecular weight is 385 g/mol. The lowest BCUT2D eigenvalue weighted by atomic mass is 10.0. The molecule has 1 aromatic carbocycles. The predicted octanol–water partition coefficient (Wildman–Crippen LogP) is 3.49. The number of halogens is 3. The molecule has 0 aliphatic rings. The first-order valence-corrected chi connectivity index (χ1v) is 8.58. The molecule has 0 aliphatic heterocycles. The molecule has 0 saturated carbocycles. The molecule has 2 rings (SSSR count). The minimum absolute atomic E-state index is 0.00615. The fourth-order valence-corrected chi connectivity index (χ4v) is 2.25. The van der Waals surface area contributed by atoms with Gasteiger partial charge in [-0.25, -0.2) is 0 Å². The molecule has 148 valence electrons. The molecule has 1 N–H and O–H groups in total. The molecular weight excluding hydrogens is 363 g/mol. The molecule has 0 atom stereocenters. The van der Waals surface area contributed by atoms with E-state index < -0.39 is 12.8 Å². The molecule has 2 aromatic rings. The maximum absolute atomic E-state index is 11.9. The predicted molar refractivity (Wildman–Crippen MR) is 92.0 cm³/mol. The number of carbonyl (C=O) groups excluding carboxylic acids is 1. The number of benzene rings is 1. The summed E-state index contributed by atoms with van der Waals surface area (Å²) in [6, 6.07) is 7.84. The standard InChI is InChI=1S/C18H22F3N3O3/c1-12(2)13-3-5-14(6-4-13)17-23-16(27-24-17)8-7-15(25)22-9-10-26-11-18(19,20)21/h3-6,12H,7-11H2,1-2H3,(H,22,25). The van der Waals surface area contributed by atoms with Crippen LogP contribution in [0.1, 0.15) is 37.6 Å². The highest BCUT2D eigenvalue weighted by Crippen LogP contribution is 2.20. The van der Waals surface area contributed by atoms with Gasteiger partial charge in [0.2, 0.25) is 17.6 Å². The first kappa shape index (κ1) is 20.9. The summed E-state index contributed by atoms with van der Waals surface area (Å²) in [4.78, 5) is 15.9. The Bertz CT molecular complexity index is 727. The lowest BCUT2D eigenvalue weighted by molar-refractivity contribution is -0.173. The third-order valence-corrected chi connectivity index (χ3v) is 3.70. The molecule has 1 heterocycles. The fraction of sp³-hybridized carbons (Fsp3) is 0.500. The van der Waals surface area contributed by atoms with Gasteiger partial charge in [-0.15, -0.1) is 0 Å². The normalized spacial score (nSPS) is 11.8. The number of amides is 1. The van der Waals surface area contributed by atoms with Crippen molar-refractivity contribution in [3.05, 3.63) is 35.7 Å². The Labute approximate surface area is 155 Å². The Kier molecular flexibility index (Phi) is 7.35. The van der Waals surface area contributed by atoms with Gasteiger partial charge in [0.25, 0.3) is 0 Å². The van der Waals surface area contributed by atoms with Gasteiger partial charge in [-0.2, -0.15) is 18.2 Å². The number of alkyl halides is 3. The molecule has 1 aromatic heterocycles. The van der Waals surface area contributed by atoms with Crippen LogP contribution in [-0.4, -0.2) is 42.0 Å². The van der Waals surface area contributed by atoms with Gasteiger partial charge >= 0.3 is 6.18 Å². The Morgan fingerprint density at radius 3 is 2.59 bits per heavy atom. The number of carbonyl (C=O) groups is 1. The molecule has 0 aliphatic carbocycles. The molecule has 1 amide bonds. The third kappa shape index (κ3) is 7.38. The summed E-state index contributed by atoms with van der Waals surface area (Å²) in [5, 5.41) is 6.38. The minimum Gasteiger partial charge on any atom is -0.370 e. The SMILES string of the molecule is CC(C)c1ccc(-c2noc(CCC(=O)NCCOCC(F)(F)F)n2)cc1. The van der Waals surface area contributed by atoms with Crippen molar-refractivity contribution in [3.63, 3.8) is 0 Å². The van der Waals surface area contributed by atoms with E-state index in [1.54, 1.807) is 0 Å². The van der Waals surface area contributed by atoms with Crippen molar-refractivity contribution in [1.29, 1.82) is 0 Å². The fourth-order valence-electron chi connectivity index (χ4n) is 2.25. The molecule has 0 saturated heterocycles. The molecule has 27 heavy (non-hydrogen) atoms. The second kappa shape index (κ2) is 9.50. The van der Waals surface area contributed by atoms with Crippen molar-refractivity contribution < 1.29 is 27.2 Å². The summed E-state index contributed by atoms with van der Waals surface area (Å²) < 4.78 is 45.2. The number of aromatic nitrogens is 2. The zero-order valence-electron chi connectivity index (χ0n) is 15.2. The molecule has 0 unspecified atom stereocenters. The Morgan fingerprint density at radius 2 is 1.96 bits per heavy atom. The van der Waals surface area contributed by atoms with E-state index in [2.05, 4.69) is 34.0 Å². The van der Waals surface area contributed by atoms with Crippen molar-refractivity contribution in [2.45, 2.75) is 38.8 Å². The molecule has 6 nitrogen and oxygen atoms in total. The van der Waals surface area contributed by atoms with Crippen molar-refractivity contribution in [1.82, 2.24) is 15.5 Å². The maximum Gasteiger partial charge on any atom is 0.411 e. The van der Waals surface area contributed by atoms with E-state index in [9.17, 15) is 18.0 Å². The smallest absolute Gasteiger partial charge is 0.370 e. The quantitative estimate of drug-likeness (QED) is 0.669. The van der Waals surface area contributed by atoms with Crippen LogP contribution in [0, 0.1) is 0 Å². The second-order valence-electron chi connectivity index (χ2n) is 6.31. The topological polar surface area (TPSA) is 77.2 Å².